The number of methoxy groups -OCH3 is 1. The molecular formula is C14H14N4O2S. The van der Waals surface area contributed by atoms with Gasteiger partial charge in [0, 0.05) is 18.9 Å². The number of carbonyl (C=O) groups excluding carboxylic acids is 1. The fourth-order valence-electron chi connectivity index (χ4n) is 2.09. The van der Waals surface area contributed by atoms with Crippen molar-refractivity contribution in [2.24, 2.45) is 7.05 Å². The van der Waals surface area contributed by atoms with Crippen molar-refractivity contribution in [1.82, 2.24) is 14.8 Å². The van der Waals surface area contributed by atoms with Gasteiger partial charge in [-0.15, -0.1) is 16.4 Å². The van der Waals surface area contributed by atoms with E-state index in [1.165, 1.54) is 7.11 Å². The highest BCUT2D eigenvalue weighted by molar-refractivity contribution is 7.18. The second-order valence-electron chi connectivity index (χ2n) is 4.60. The summed E-state index contributed by atoms with van der Waals surface area (Å²) in [4.78, 5) is 16.7. The first-order valence-electron chi connectivity index (χ1n) is 6.33. The third kappa shape index (κ3) is 2.59. The summed E-state index contributed by atoms with van der Waals surface area (Å²) in [6, 6.07) is 5.65. The lowest BCUT2D eigenvalue weighted by Gasteiger charge is -2.04. The zero-order chi connectivity index (χ0) is 15.0. The number of hydrogen-bond acceptors (Lipinski definition) is 5. The third-order valence-corrected chi connectivity index (χ3v) is 3.92. The van der Waals surface area contributed by atoms with Gasteiger partial charge in [0.05, 0.1) is 22.3 Å². The van der Waals surface area contributed by atoms with Gasteiger partial charge in [0.2, 0.25) is 5.88 Å². The Bertz CT molecular complexity index is 822. The smallest absolute Gasteiger partial charge is 0.262 e. The Kier molecular flexibility index (Phi) is 3.34. The van der Waals surface area contributed by atoms with Crippen LogP contribution in [0.25, 0.3) is 10.2 Å². The number of thiazole rings is 1. The third-order valence-electron chi connectivity index (χ3n) is 2.99. The normalized spacial score (nSPS) is 10.8. The topological polar surface area (TPSA) is 69.0 Å². The molecule has 0 fully saturated rings. The van der Waals surface area contributed by atoms with Crippen molar-refractivity contribution in [2.45, 2.75) is 6.92 Å². The second-order valence-corrected chi connectivity index (χ2v) is 5.83. The van der Waals surface area contributed by atoms with Crippen molar-refractivity contribution in [3.8, 4) is 5.88 Å². The molecule has 0 unspecified atom stereocenters. The Hall–Kier alpha value is -2.41. The quantitative estimate of drug-likeness (QED) is 0.807. The summed E-state index contributed by atoms with van der Waals surface area (Å²) >= 11 is 1.60. The molecule has 108 valence electrons. The molecule has 21 heavy (non-hydrogen) atoms. The van der Waals surface area contributed by atoms with Crippen LogP contribution in [0, 0.1) is 6.92 Å². The van der Waals surface area contributed by atoms with Crippen molar-refractivity contribution >= 4 is 33.1 Å². The molecule has 2 heterocycles. The maximum absolute atomic E-state index is 12.3. The summed E-state index contributed by atoms with van der Waals surface area (Å²) in [5.74, 6) is 0.0604. The van der Waals surface area contributed by atoms with Gasteiger partial charge in [-0.3, -0.25) is 9.48 Å². The van der Waals surface area contributed by atoms with E-state index in [-0.39, 0.29) is 5.91 Å². The van der Waals surface area contributed by atoms with Crippen molar-refractivity contribution < 1.29 is 9.53 Å². The molecule has 1 aromatic carbocycles. The van der Waals surface area contributed by atoms with Crippen LogP contribution in [0.3, 0.4) is 0 Å². The van der Waals surface area contributed by atoms with E-state index < -0.39 is 0 Å². The van der Waals surface area contributed by atoms with E-state index in [2.05, 4.69) is 15.4 Å². The maximum atomic E-state index is 12.3. The number of ether oxygens (including phenoxy) is 1. The largest absolute Gasteiger partial charge is 0.479 e. The Balaban J connectivity index is 1.88. The zero-order valence-electron chi connectivity index (χ0n) is 11.9. The van der Waals surface area contributed by atoms with Gasteiger partial charge in [-0.05, 0) is 25.1 Å². The molecule has 3 aromatic rings. The van der Waals surface area contributed by atoms with Gasteiger partial charge in [0.1, 0.15) is 5.56 Å². The van der Waals surface area contributed by atoms with Crippen molar-refractivity contribution in [2.75, 3.05) is 12.4 Å². The van der Waals surface area contributed by atoms with Crippen LogP contribution in [0.5, 0.6) is 5.88 Å². The van der Waals surface area contributed by atoms with Gasteiger partial charge in [0.25, 0.3) is 5.91 Å². The Labute approximate surface area is 125 Å². The Morgan fingerprint density at radius 3 is 3.00 bits per heavy atom. The van der Waals surface area contributed by atoms with E-state index >= 15 is 0 Å². The number of carbonyl (C=O) groups is 1. The standard InChI is InChI=1S/C14H14N4O2S/c1-8-15-11-5-4-9(6-12(11)21-8)16-13(19)10-7-18(2)17-14(10)20-3/h4-7H,1-3H3,(H,16,19). The van der Waals surface area contributed by atoms with Crippen LogP contribution in [-0.4, -0.2) is 27.8 Å². The highest BCUT2D eigenvalue weighted by atomic mass is 32.1. The molecule has 0 aliphatic carbocycles. The molecule has 7 heteroatoms. The minimum Gasteiger partial charge on any atom is -0.479 e. The molecule has 0 atom stereocenters. The Morgan fingerprint density at radius 1 is 1.43 bits per heavy atom. The summed E-state index contributed by atoms with van der Waals surface area (Å²) in [6.07, 6.45) is 1.63. The number of benzene rings is 1. The van der Waals surface area contributed by atoms with E-state index in [9.17, 15) is 4.79 Å². The minimum absolute atomic E-state index is 0.250. The van der Waals surface area contributed by atoms with E-state index in [1.54, 1.807) is 29.3 Å². The fraction of sp³-hybridized carbons (Fsp3) is 0.214. The Morgan fingerprint density at radius 2 is 2.24 bits per heavy atom. The van der Waals surface area contributed by atoms with E-state index in [0.717, 1.165) is 20.9 Å². The van der Waals surface area contributed by atoms with Crippen LogP contribution >= 0.6 is 11.3 Å². The minimum atomic E-state index is -0.250. The number of rotatable bonds is 3. The number of nitrogens with zero attached hydrogens (tertiary/aromatic N) is 3. The number of aromatic nitrogens is 3. The van der Waals surface area contributed by atoms with Crippen LogP contribution in [0.15, 0.2) is 24.4 Å². The molecule has 0 radical (unpaired) electrons. The SMILES string of the molecule is COc1nn(C)cc1C(=O)Nc1ccc2nc(C)sc2c1. The first-order chi connectivity index (χ1) is 10.1. The van der Waals surface area contributed by atoms with Gasteiger partial charge < -0.3 is 10.1 Å². The summed E-state index contributed by atoms with van der Waals surface area (Å²) in [5.41, 5.74) is 2.07. The molecule has 3 rings (SSSR count). The highest BCUT2D eigenvalue weighted by Crippen LogP contribution is 2.25. The van der Waals surface area contributed by atoms with Gasteiger partial charge >= 0.3 is 0 Å². The molecule has 1 amide bonds. The van der Waals surface area contributed by atoms with E-state index in [1.807, 2.05) is 25.1 Å². The first-order valence-corrected chi connectivity index (χ1v) is 7.14. The lowest BCUT2D eigenvalue weighted by atomic mass is 10.2. The van der Waals surface area contributed by atoms with Crippen molar-refractivity contribution in [3.05, 3.63) is 35.0 Å². The summed E-state index contributed by atoms with van der Waals surface area (Å²) in [6.45, 7) is 1.96. The number of hydrogen-bond donors (Lipinski definition) is 1. The monoisotopic (exact) mass is 302 g/mol. The maximum Gasteiger partial charge on any atom is 0.262 e. The van der Waals surface area contributed by atoms with Crippen LogP contribution in [0.1, 0.15) is 15.4 Å². The van der Waals surface area contributed by atoms with Crippen LogP contribution in [0.4, 0.5) is 5.69 Å². The van der Waals surface area contributed by atoms with Crippen molar-refractivity contribution in [3.63, 3.8) is 0 Å². The predicted octanol–water partition coefficient (Wildman–Crippen LogP) is 2.60. The predicted molar refractivity (Wildman–Crippen MR) is 82.1 cm³/mol. The average molecular weight is 302 g/mol. The molecule has 0 spiro atoms. The highest BCUT2D eigenvalue weighted by Gasteiger charge is 2.16. The van der Waals surface area contributed by atoms with Crippen LogP contribution in [-0.2, 0) is 7.05 Å². The molecule has 6 nitrogen and oxygen atoms in total. The molecule has 0 saturated carbocycles. The lowest BCUT2D eigenvalue weighted by Crippen LogP contribution is -2.12. The summed E-state index contributed by atoms with van der Waals surface area (Å²) < 4.78 is 7.69. The lowest BCUT2D eigenvalue weighted by molar-refractivity contribution is 0.102. The van der Waals surface area contributed by atoms with E-state index in [4.69, 9.17) is 4.74 Å². The number of nitrogens with one attached hydrogen (secondary N) is 1. The molecular weight excluding hydrogens is 288 g/mol. The number of amides is 1. The second kappa shape index (κ2) is 5.17. The van der Waals surface area contributed by atoms with Crippen LogP contribution in [0.2, 0.25) is 0 Å². The first kappa shape index (κ1) is 13.6. The fourth-order valence-corrected chi connectivity index (χ4v) is 2.96. The van der Waals surface area contributed by atoms with E-state index in [0.29, 0.717) is 11.4 Å². The van der Waals surface area contributed by atoms with Crippen LogP contribution < -0.4 is 10.1 Å². The number of aryl methyl sites for hydroxylation is 2. The summed E-state index contributed by atoms with van der Waals surface area (Å²) in [5, 5.41) is 7.93. The van der Waals surface area contributed by atoms with Gasteiger partial charge in [-0.2, -0.15) is 0 Å². The molecule has 0 bridgehead atoms. The number of anilines is 1. The number of fused-ring (bicyclic) bond motifs is 1. The molecule has 0 aliphatic rings. The van der Waals surface area contributed by atoms with Crippen molar-refractivity contribution in [1.29, 1.82) is 0 Å². The summed E-state index contributed by atoms with van der Waals surface area (Å²) in [7, 11) is 3.23. The molecule has 2 aromatic heterocycles. The molecule has 0 saturated heterocycles. The van der Waals surface area contributed by atoms with Gasteiger partial charge in [-0.1, -0.05) is 0 Å². The molecule has 0 aliphatic heterocycles. The average Bonchev–Trinajstić information content (AvgIpc) is 2.99. The van der Waals surface area contributed by atoms with Gasteiger partial charge in [0.15, 0.2) is 0 Å². The molecule has 1 N–H and O–H groups in total. The zero-order valence-corrected chi connectivity index (χ0v) is 12.7. The van der Waals surface area contributed by atoms with Gasteiger partial charge in [-0.25, -0.2) is 4.98 Å².